The van der Waals surface area contributed by atoms with Gasteiger partial charge in [0.1, 0.15) is 6.10 Å². The number of esters is 1. The first-order valence-corrected chi connectivity index (χ1v) is 14.8. The number of aliphatic hydroxyl groups is 1. The summed E-state index contributed by atoms with van der Waals surface area (Å²) in [4.78, 5) is 11.6. The Morgan fingerprint density at radius 1 is 1.06 bits per heavy atom. The minimum Gasteiger partial charge on any atom is -0.463 e. The van der Waals surface area contributed by atoms with E-state index in [1.165, 1.54) is 51.9 Å². The molecule has 4 aliphatic rings. The Labute approximate surface area is 211 Å². The maximum atomic E-state index is 11.6. The first-order valence-electron chi connectivity index (χ1n) is 14.0. The average molecular weight is 526 g/mol. The van der Waals surface area contributed by atoms with Crippen molar-refractivity contribution in [1.29, 1.82) is 0 Å². The maximum Gasteiger partial charge on any atom is 0.302 e. The first-order chi connectivity index (χ1) is 15.4. The molecular formula is C29H49BrO3. The van der Waals surface area contributed by atoms with Crippen molar-refractivity contribution in [3.63, 3.8) is 0 Å². The lowest BCUT2D eigenvalue weighted by molar-refractivity contribution is -0.170. The third kappa shape index (κ3) is 4.36. The molecule has 0 heterocycles. The smallest absolute Gasteiger partial charge is 0.302 e. The first kappa shape index (κ1) is 26.0. The zero-order chi connectivity index (χ0) is 24.2. The summed E-state index contributed by atoms with van der Waals surface area (Å²) < 4.78 is 5.29. The number of carbonyl (C=O) groups is 1. The zero-order valence-corrected chi connectivity index (χ0v) is 23.6. The van der Waals surface area contributed by atoms with E-state index in [1.54, 1.807) is 0 Å². The quantitative estimate of drug-likeness (QED) is 0.288. The van der Waals surface area contributed by atoms with Crippen LogP contribution in [-0.2, 0) is 9.53 Å². The number of ether oxygens (including phenoxy) is 1. The van der Waals surface area contributed by atoms with Crippen molar-refractivity contribution in [3.8, 4) is 0 Å². The van der Waals surface area contributed by atoms with Gasteiger partial charge in [0.15, 0.2) is 0 Å². The molecule has 190 valence electrons. The topological polar surface area (TPSA) is 46.5 Å². The molecule has 4 fully saturated rings. The monoisotopic (exact) mass is 524 g/mol. The molecule has 0 aromatic rings. The van der Waals surface area contributed by atoms with Crippen molar-refractivity contribution in [2.45, 2.75) is 129 Å². The number of hydrogen-bond acceptors (Lipinski definition) is 3. The Morgan fingerprint density at radius 2 is 1.79 bits per heavy atom. The van der Waals surface area contributed by atoms with Crippen LogP contribution < -0.4 is 0 Å². The van der Waals surface area contributed by atoms with Crippen LogP contribution in [0.1, 0.15) is 112 Å². The van der Waals surface area contributed by atoms with Crippen LogP contribution in [0.2, 0.25) is 0 Å². The van der Waals surface area contributed by atoms with Crippen molar-refractivity contribution in [1.82, 2.24) is 0 Å². The standard InChI is InChI=1S/C29H49BrO3/c1-18(2)8-7-9-19(3)23-10-11-24-22-16-26(32)29(30)17-21(33-20(4)31)12-15-28(29,6)25(22)13-14-27(23,24)5/h18-19,21-26,32H,7-17H2,1-6H3/t19?,21?,22?,23?,24?,25?,26?,27-,28-,29+/m1/s1. The lowest BCUT2D eigenvalue weighted by atomic mass is 9.43. The van der Waals surface area contributed by atoms with Gasteiger partial charge in [-0.15, -0.1) is 0 Å². The largest absolute Gasteiger partial charge is 0.463 e. The van der Waals surface area contributed by atoms with Crippen molar-refractivity contribution < 1.29 is 14.6 Å². The molecule has 0 radical (unpaired) electrons. The van der Waals surface area contributed by atoms with Crippen LogP contribution in [0, 0.1) is 46.3 Å². The lowest BCUT2D eigenvalue weighted by Gasteiger charge is -2.65. The molecule has 3 nitrogen and oxygen atoms in total. The van der Waals surface area contributed by atoms with E-state index >= 15 is 0 Å². The summed E-state index contributed by atoms with van der Waals surface area (Å²) in [6, 6.07) is 0. The highest BCUT2D eigenvalue weighted by Crippen LogP contribution is 2.70. The predicted octanol–water partition coefficient (Wildman–Crippen LogP) is 7.53. The minimum atomic E-state index is -0.369. The number of carbonyl (C=O) groups excluding carboxylic acids is 1. The number of alkyl halides is 1. The summed E-state index contributed by atoms with van der Waals surface area (Å²) in [6.45, 7) is 13.8. The molecule has 4 saturated carbocycles. The van der Waals surface area contributed by atoms with E-state index in [2.05, 4.69) is 50.5 Å². The van der Waals surface area contributed by atoms with E-state index in [0.29, 0.717) is 17.3 Å². The molecule has 0 spiro atoms. The Hall–Kier alpha value is -0.0900. The van der Waals surface area contributed by atoms with E-state index in [-0.39, 0.29) is 27.9 Å². The maximum absolute atomic E-state index is 11.6. The van der Waals surface area contributed by atoms with Gasteiger partial charge in [0.2, 0.25) is 0 Å². The fraction of sp³-hybridized carbons (Fsp3) is 0.966. The molecule has 0 amide bonds. The fourth-order valence-electron chi connectivity index (χ4n) is 9.56. The van der Waals surface area contributed by atoms with Gasteiger partial charge in [0, 0.05) is 13.3 Å². The molecule has 1 N–H and O–H groups in total. The van der Waals surface area contributed by atoms with Gasteiger partial charge in [-0.2, -0.15) is 0 Å². The molecule has 4 aliphatic carbocycles. The molecule has 4 heteroatoms. The van der Waals surface area contributed by atoms with Crippen molar-refractivity contribution in [2.75, 3.05) is 0 Å². The fourth-order valence-corrected chi connectivity index (χ4v) is 10.6. The third-order valence-electron chi connectivity index (χ3n) is 11.3. The highest BCUT2D eigenvalue weighted by molar-refractivity contribution is 9.10. The third-order valence-corrected chi connectivity index (χ3v) is 13.0. The van der Waals surface area contributed by atoms with Gasteiger partial charge < -0.3 is 9.84 Å². The second-order valence-corrected chi connectivity index (χ2v) is 14.8. The van der Waals surface area contributed by atoms with E-state index in [4.69, 9.17) is 4.74 Å². The van der Waals surface area contributed by atoms with E-state index < -0.39 is 0 Å². The normalized spacial score (nSPS) is 48.0. The molecule has 10 atom stereocenters. The second kappa shape index (κ2) is 9.41. The van der Waals surface area contributed by atoms with Crippen LogP contribution in [0.15, 0.2) is 0 Å². The Morgan fingerprint density at radius 3 is 2.45 bits per heavy atom. The summed E-state index contributed by atoms with van der Waals surface area (Å²) in [5.41, 5.74) is 0.504. The highest BCUT2D eigenvalue weighted by Gasteiger charge is 2.67. The minimum absolute atomic E-state index is 0.0638. The van der Waals surface area contributed by atoms with Crippen molar-refractivity contribution in [2.24, 2.45) is 46.3 Å². The molecule has 0 aromatic heterocycles. The number of rotatable bonds is 6. The summed E-state index contributed by atoms with van der Waals surface area (Å²) in [5, 5.41) is 11.6. The second-order valence-electron chi connectivity index (χ2n) is 13.4. The number of fused-ring (bicyclic) bond motifs is 5. The summed E-state index contributed by atoms with van der Waals surface area (Å²) in [7, 11) is 0. The van der Waals surface area contributed by atoms with Crippen molar-refractivity contribution in [3.05, 3.63) is 0 Å². The molecule has 0 saturated heterocycles. The number of halogens is 1. The van der Waals surface area contributed by atoms with Crippen LogP contribution in [0.3, 0.4) is 0 Å². The van der Waals surface area contributed by atoms with Gasteiger partial charge in [0.25, 0.3) is 0 Å². The Balaban J connectivity index is 1.51. The summed E-state index contributed by atoms with van der Waals surface area (Å²) in [5.74, 6) is 4.31. The lowest BCUT2D eigenvalue weighted by Crippen LogP contribution is -2.66. The van der Waals surface area contributed by atoms with Crippen LogP contribution in [0.4, 0.5) is 0 Å². The molecule has 4 rings (SSSR count). The van der Waals surface area contributed by atoms with E-state index in [0.717, 1.165) is 49.4 Å². The number of aliphatic hydroxyl groups excluding tert-OH is 1. The van der Waals surface area contributed by atoms with Crippen LogP contribution >= 0.6 is 15.9 Å². The highest BCUT2D eigenvalue weighted by atomic mass is 79.9. The molecule has 0 aromatic carbocycles. The summed E-state index contributed by atoms with van der Waals surface area (Å²) >= 11 is 4.11. The van der Waals surface area contributed by atoms with Gasteiger partial charge in [-0.3, -0.25) is 4.79 Å². The van der Waals surface area contributed by atoms with Gasteiger partial charge >= 0.3 is 5.97 Å². The van der Waals surface area contributed by atoms with Crippen LogP contribution in [0.25, 0.3) is 0 Å². The zero-order valence-electron chi connectivity index (χ0n) is 22.0. The van der Waals surface area contributed by atoms with Gasteiger partial charge in [-0.25, -0.2) is 0 Å². The SMILES string of the molecule is CC(=O)OC1CC[C@]2(C)C3CC[C@]4(C)C(C(C)CCCC(C)C)CCC4C3CC(O)[C@@]2(Br)C1. The van der Waals surface area contributed by atoms with Crippen molar-refractivity contribution >= 4 is 21.9 Å². The molecule has 0 aliphatic heterocycles. The predicted molar refractivity (Wildman–Crippen MR) is 138 cm³/mol. The van der Waals surface area contributed by atoms with Gasteiger partial charge in [-0.05, 0) is 91.3 Å². The Kier molecular flexibility index (Phi) is 7.41. The van der Waals surface area contributed by atoms with E-state index in [9.17, 15) is 9.90 Å². The van der Waals surface area contributed by atoms with E-state index in [1.807, 2.05) is 0 Å². The number of hydrogen-bond donors (Lipinski definition) is 1. The molecule has 33 heavy (non-hydrogen) atoms. The van der Waals surface area contributed by atoms with Gasteiger partial charge in [0.05, 0.1) is 10.4 Å². The summed E-state index contributed by atoms with van der Waals surface area (Å²) in [6.07, 6.45) is 12.6. The van der Waals surface area contributed by atoms with Crippen LogP contribution in [-0.4, -0.2) is 27.6 Å². The molecule has 0 bridgehead atoms. The Bertz CT molecular complexity index is 724. The molecule has 7 unspecified atom stereocenters. The molecular weight excluding hydrogens is 476 g/mol. The van der Waals surface area contributed by atoms with Gasteiger partial charge in [-0.1, -0.05) is 69.8 Å². The van der Waals surface area contributed by atoms with Crippen LogP contribution in [0.5, 0.6) is 0 Å². The average Bonchev–Trinajstić information content (AvgIpc) is 3.07.